The van der Waals surface area contributed by atoms with Gasteiger partial charge in [-0.3, -0.25) is 0 Å². The van der Waals surface area contributed by atoms with E-state index in [4.69, 9.17) is 4.65 Å². The Morgan fingerprint density at radius 2 is 0.317 bits per heavy atom. The summed E-state index contributed by atoms with van der Waals surface area (Å²) in [4.78, 5) is 0. The molecule has 2 aliphatic carbocycles. The number of aliphatic hydroxyl groups is 2. The minimum absolute atomic E-state index is 0. The molecule has 0 atom stereocenters. The van der Waals surface area contributed by atoms with Gasteiger partial charge in [0.1, 0.15) is 12.2 Å². The van der Waals surface area contributed by atoms with Crippen molar-refractivity contribution >= 4 is 0 Å². The van der Waals surface area contributed by atoms with Crippen molar-refractivity contribution in [3.05, 3.63) is 353 Å². The molecular weight excluding hydrogens is 858 g/mol. The Hall–Kier alpha value is -5.96. The fraction of sp³-hybridized carbons (Fsp3) is 0. The summed E-state index contributed by atoms with van der Waals surface area (Å²) in [5.41, 5.74) is 8.39. The maximum atomic E-state index is 11.6. The number of hydrogen-bond donors (Lipinski definition) is 2. The van der Waals surface area contributed by atoms with Gasteiger partial charge in [0, 0.05) is 23.7 Å². The van der Waals surface area contributed by atoms with E-state index < -0.39 is 0 Å². The predicted molar refractivity (Wildman–Crippen MR) is 245 cm³/mol. The van der Waals surface area contributed by atoms with Crippen LogP contribution in [-0.2, 0) is 24.1 Å². The Balaban J connectivity index is 0.000000179. The normalized spacial score (nSPS) is 16.1. The van der Waals surface area contributed by atoms with Gasteiger partial charge in [-0.1, -0.05) is 243 Å². The monoisotopic (exact) mass is 900 g/mol. The van der Waals surface area contributed by atoms with E-state index in [9.17, 15) is 10.2 Å². The molecule has 2 N–H and O–H groups in total. The van der Waals surface area contributed by atoms with Crippen LogP contribution < -0.4 is 0 Å². The number of aliphatic hydroxyl groups excluding tert-OH is 2. The molecule has 0 unspecified atom stereocenters. The molecule has 63 heavy (non-hydrogen) atoms. The zero-order valence-electron chi connectivity index (χ0n) is 34.3. The summed E-state index contributed by atoms with van der Waals surface area (Å²) in [6.45, 7) is 4.50. The molecule has 8 aromatic rings. The molecule has 2 aliphatic rings. The first-order chi connectivity index (χ1) is 30.7. The molecule has 11 radical (unpaired) electrons. The largest absolute Gasteiger partial charge is 1.00 e. The first-order valence-corrected chi connectivity index (χ1v) is 20.4. The van der Waals surface area contributed by atoms with Crippen LogP contribution in [0.1, 0.15) is 44.5 Å². The molecule has 10 rings (SSSR count). The van der Waals surface area contributed by atoms with Crippen LogP contribution in [0.15, 0.2) is 243 Å². The van der Waals surface area contributed by atoms with Gasteiger partial charge >= 0.3 is 30.8 Å². The smallest absolute Gasteiger partial charge is 1.00 e. The van der Waals surface area contributed by atoms with E-state index in [1.54, 1.807) is 0 Å². The van der Waals surface area contributed by atoms with Crippen molar-refractivity contribution in [2.24, 2.45) is 0 Å². The van der Waals surface area contributed by atoms with Gasteiger partial charge in [0.05, 0.1) is 23.7 Å². The van der Waals surface area contributed by atoms with Gasteiger partial charge in [0.25, 0.3) is 0 Å². The summed E-state index contributed by atoms with van der Waals surface area (Å²) in [5, 5.41) is 23.2. The number of rotatable bonds is 8. The second-order valence-electron chi connectivity index (χ2n) is 14.6. The summed E-state index contributed by atoms with van der Waals surface area (Å²) in [5.74, 6) is 7.74. The van der Waals surface area contributed by atoms with Crippen LogP contribution in [0.25, 0.3) is 0 Å². The molecule has 0 aromatic heterocycles. The minimum atomic E-state index is 0. The fourth-order valence-electron chi connectivity index (χ4n) is 8.34. The van der Waals surface area contributed by atoms with Crippen molar-refractivity contribution < 1.29 is 34.3 Å². The van der Waals surface area contributed by atoms with Crippen molar-refractivity contribution in [3.8, 4) is 0 Å². The van der Waals surface area contributed by atoms with Crippen molar-refractivity contribution in [3.63, 3.8) is 0 Å². The molecule has 0 bridgehead atoms. The topological polar surface area (TPSA) is 60.4 Å². The van der Waals surface area contributed by atoms with Gasteiger partial charge in [0.2, 0.25) is 0 Å². The van der Waals surface area contributed by atoms with E-state index in [1.165, 1.54) is 0 Å². The molecule has 303 valence electrons. The molecule has 8 aromatic carbocycles. The van der Waals surface area contributed by atoms with Crippen LogP contribution in [0.5, 0.6) is 0 Å². The average Bonchev–Trinajstić information content (AvgIpc) is 3.85. The van der Waals surface area contributed by atoms with Crippen molar-refractivity contribution in [2.75, 3.05) is 0 Å². The molecule has 0 amide bonds. The van der Waals surface area contributed by atoms with E-state index in [0.29, 0.717) is 12.2 Å². The van der Waals surface area contributed by atoms with Gasteiger partial charge in [-0.25, -0.2) is 0 Å². The van der Waals surface area contributed by atoms with E-state index in [1.807, 2.05) is 146 Å². The Kier molecular flexibility index (Phi) is 15.7. The molecule has 0 spiro atoms. The van der Waals surface area contributed by atoms with E-state index >= 15 is 0 Å². The summed E-state index contributed by atoms with van der Waals surface area (Å²) in [7, 11) is 0. The average molecular weight is 900 g/mol. The molecule has 2 saturated carbocycles. The zero-order valence-corrected chi connectivity index (χ0v) is 36.0. The summed E-state index contributed by atoms with van der Waals surface area (Å²) in [6.07, 6.45) is 0.648. The molecule has 0 aliphatic heterocycles. The third-order valence-corrected chi connectivity index (χ3v) is 10.9. The van der Waals surface area contributed by atoms with Gasteiger partial charge in [-0.2, -0.15) is 0 Å². The van der Waals surface area contributed by atoms with Crippen LogP contribution >= 0.6 is 0 Å². The molecule has 0 heterocycles. The molecular formula is C59H42O3Ru+. The molecule has 2 fully saturated rings. The fourth-order valence-corrected chi connectivity index (χ4v) is 8.34. The zero-order chi connectivity index (χ0) is 42.7. The summed E-state index contributed by atoms with van der Waals surface area (Å²) >= 11 is 0. The maximum absolute atomic E-state index is 11.6. The van der Waals surface area contributed by atoms with Crippen LogP contribution in [-0.4, -0.2) is 10.2 Å². The van der Waals surface area contributed by atoms with Crippen molar-refractivity contribution in [1.29, 1.82) is 0 Å². The first-order valence-electron chi connectivity index (χ1n) is 20.4. The SMILES string of the molecule is O[C]1[C](c2ccccc2)[C](c2ccccc2)[C](c2ccccc2)[C]1c1ccccc1.O[C]1[C](c2ccccc2)[C](c2ccccc2)[C](c2ccccc2)[C]1c1ccccc1.[C-]#[O+].[Ru+]. The minimum Gasteiger partial charge on any atom is 1.00 e. The van der Waals surface area contributed by atoms with E-state index in [2.05, 4.69) is 104 Å². The molecule has 4 heteroatoms. The van der Waals surface area contributed by atoms with Crippen LogP contribution in [0, 0.1) is 66.2 Å². The number of hydrogen-bond acceptors (Lipinski definition) is 2. The Morgan fingerprint density at radius 3 is 0.444 bits per heavy atom. The second-order valence-corrected chi connectivity index (χ2v) is 14.6. The first kappa shape index (κ1) is 45.1. The van der Waals surface area contributed by atoms with Gasteiger partial charge in [0.15, 0.2) is 0 Å². The maximum Gasteiger partial charge on any atom is 1.00 e. The predicted octanol–water partition coefficient (Wildman–Crippen LogP) is 12.8. The molecule has 0 saturated heterocycles. The van der Waals surface area contributed by atoms with Gasteiger partial charge < -0.3 is 10.2 Å². The van der Waals surface area contributed by atoms with Crippen LogP contribution in [0.4, 0.5) is 0 Å². The second kappa shape index (κ2) is 21.9. The van der Waals surface area contributed by atoms with Gasteiger partial charge in [-0.15, -0.1) is 0 Å². The van der Waals surface area contributed by atoms with Crippen molar-refractivity contribution in [1.82, 2.24) is 0 Å². The van der Waals surface area contributed by atoms with Crippen molar-refractivity contribution in [2.45, 2.75) is 0 Å². The Bertz CT molecular complexity index is 2180. The van der Waals surface area contributed by atoms with E-state index in [0.717, 1.165) is 91.9 Å². The van der Waals surface area contributed by atoms with E-state index in [-0.39, 0.29) is 19.5 Å². The standard InChI is InChI=1S/2C29H21O.CO.Ru/c2*30-29-27(23-17-9-3-10-18-23)25(21-13-5-1-6-14-21)26(22-15-7-2-8-16-22)28(29)24-19-11-4-12-20-24;1-2;/h2*1-20,30H;;/q;;;+1. The quantitative estimate of drug-likeness (QED) is 0.0907. The number of benzene rings is 8. The van der Waals surface area contributed by atoms with Crippen LogP contribution in [0.2, 0.25) is 0 Å². The Morgan fingerprint density at radius 1 is 0.206 bits per heavy atom. The third kappa shape index (κ3) is 9.68. The molecule has 3 nitrogen and oxygen atoms in total. The van der Waals surface area contributed by atoms with Gasteiger partial charge in [-0.05, 0) is 44.5 Å². The summed E-state index contributed by atoms with van der Waals surface area (Å²) < 4.78 is 7.50. The van der Waals surface area contributed by atoms with Crippen LogP contribution in [0.3, 0.4) is 0 Å². The summed E-state index contributed by atoms with van der Waals surface area (Å²) in [6, 6.07) is 82.0. The third-order valence-electron chi connectivity index (χ3n) is 10.9. The Labute approximate surface area is 385 Å².